The minimum Gasteiger partial charge on any atom is -0.310 e. The second kappa shape index (κ2) is 14.0. The van der Waals surface area contributed by atoms with Crippen molar-refractivity contribution in [2.45, 2.75) is 0 Å². The monoisotopic (exact) mass is 699 g/mol. The number of hydrogen-bond acceptors (Lipinski definition) is 1. The summed E-state index contributed by atoms with van der Waals surface area (Å²) in [6.07, 6.45) is 0. The fourth-order valence-electron chi connectivity index (χ4n) is 8.18. The highest BCUT2D eigenvalue weighted by Gasteiger charge is 2.23. The van der Waals surface area contributed by atoms with E-state index in [1.165, 1.54) is 76.8 Å². The van der Waals surface area contributed by atoms with Gasteiger partial charge in [-0.2, -0.15) is 0 Å². The van der Waals surface area contributed by atoms with Gasteiger partial charge >= 0.3 is 0 Å². The molecule has 0 N–H and O–H groups in total. The first-order valence-corrected chi connectivity index (χ1v) is 18.9. The zero-order valence-electron chi connectivity index (χ0n) is 30.3. The molecule has 0 amide bonds. The summed E-state index contributed by atoms with van der Waals surface area (Å²) >= 11 is 0. The third-order valence-corrected chi connectivity index (χ3v) is 10.8. The Balaban J connectivity index is 1.18. The van der Waals surface area contributed by atoms with Crippen molar-refractivity contribution in [2.24, 2.45) is 0 Å². The summed E-state index contributed by atoms with van der Waals surface area (Å²) in [6, 6.07) is 81.6. The van der Waals surface area contributed by atoms with Crippen molar-refractivity contribution in [1.82, 2.24) is 0 Å². The molecule has 0 aliphatic carbocycles. The van der Waals surface area contributed by atoms with Crippen LogP contribution < -0.4 is 4.90 Å². The van der Waals surface area contributed by atoms with Crippen molar-refractivity contribution in [3.8, 4) is 44.5 Å². The third-order valence-electron chi connectivity index (χ3n) is 10.8. The SMILES string of the molecule is c1ccc(-c2ccccc2-c2c(-c3ccccc3)cccc2N(c2ccc(-c3ccc4c(ccc5ccccc54)c3)cc2)c2ccc3ccccc3c2)cc1. The van der Waals surface area contributed by atoms with Gasteiger partial charge in [0.1, 0.15) is 0 Å². The van der Waals surface area contributed by atoms with E-state index in [0.717, 1.165) is 17.1 Å². The summed E-state index contributed by atoms with van der Waals surface area (Å²) in [7, 11) is 0. The molecule has 0 aliphatic rings. The number of hydrogen-bond donors (Lipinski definition) is 0. The van der Waals surface area contributed by atoms with Gasteiger partial charge in [-0.3, -0.25) is 0 Å². The molecule has 0 unspecified atom stereocenters. The lowest BCUT2D eigenvalue weighted by molar-refractivity contribution is 1.29. The lowest BCUT2D eigenvalue weighted by Gasteiger charge is -2.30. The van der Waals surface area contributed by atoms with E-state index in [1.807, 2.05) is 0 Å². The molecular weight excluding hydrogens is 663 g/mol. The van der Waals surface area contributed by atoms with Gasteiger partial charge in [-0.1, -0.05) is 188 Å². The molecule has 1 nitrogen and oxygen atoms in total. The van der Waals surface area contributed by atoms with Gasteiger partial charge in [0.05, 0.1) is 5.69 Å². The highest BCUT2D eigenvalue weighted by molar-refractivity contribution is 6.08. The van der Waals surface area contributed by atoms with Crippen LogP contribution in [0.3, 0.4) is 0 Å². The molecule has 10 aromatic carbocycles. The van der Waals surface area contributed by atoms with E-state index in [4.69, 9.17) is 0 Å². The van der Waals surface area contributed by atoms with Gasteiger partial charge in [0.15, 0.2) is 0 Å². The molecule has 258 valence electrons. The van der Waals surface area contributed by atoms with Gasteiger partial charge in [0, 0.05) is 16.9 Å². The first kappa shape index (κ1) is 32.4. The molecular formula is C54H37N. The molecule has 0 aliphatic heterocycles. The molecule has 55 heavy (non-hydrogen) atoms. The zero-order valence-corrected chi connectivity index (χ0v) is 30.3. The third kappa shape index (κ3) is 6.02. The van der Waals surface area contributed by atoms with Crippen molar-refractivity contribution >= 4 is 49.4 Å². The lowest BCUT2D eigenvalue weighted by Crippen LogP contribution is -2.12. The number of benzene rings is 10. The van der Waals surface area contributed by atoms with E-state index in [1.54, 1.807) is 0 Å². The molecule has 0 aromatic heterocycles. The average molecular weight is 700 g/mol. The summed E-state index contributed by atoms with van der Waals surface area (Å²) < 4.78 is 0. The van der Waals surface area contributed by atoms with Gasteiger partial charge in [0.25, 0.3) is 0 Å². The summed E-state index contributed by atoms with van der Waals surface area (Å²) in [5.41, 5.74) is 12.8. The summed E-state index contributed by atoms with van der Waals surface area (Å²) in [5.74, 6) is 0. The van der Waals surface area contributed by atoms with E-state index in [-0.39, 0.29) is 0 Å². The molecule has 0 bridgehead atoms. The number of nitrogens with zero attached hydrogens (tertiary/aromatic N) is 1. The molecule has 0 spiro atoms. The van der Waals surface area contributed by atoms with Crippen LogP contribution in [0.1, 0.15) is 0 Å². The Hall–Kier alpha value is -7.22. The quantitative estimate of drug-likeness (QED) is 0.150. The first-order valence-electron chi connectivity index (χ1n) is 18.9. The van der Waals surface area contributed by atoms with Gasteiger partial charge in [-0.05, 0) is 108 Å². The molecule has 0 saturated heterocycles. The zero-order chi connectivity index (χ0) is 36.6. The van der Waals surface area contributed by atoms with Crippen molar-refractivity contribution in [3.05, 3.63) is 224 Å². The van der Waals surface area contributed by atoms with E-state index < -0.39 is 0 Å². The van der Waals surface area contributed by atoms with E-state index in [2.05, 4.69) is 229 Å². The second-order valence-electron chi connectivity index (χ2n) is 14.1. The lowest BCUT2D eigenvalue weighted by atomic mass is 9.87. The van der Waals surface area contributed by atoms with Crippen molar-refractivity contribution in [1.29, 1.82) is 0 Å². The fraction of sp³-hybridized carbons (Fsp3) is 0. The molecule has 0 saturated carbocycles. The number of rotatable bonds is 7. The second-order valence-corrected chi connectivity index (χ2v) is 14.1. The molecule has 0 atom stereocenters. The van der Waals surface area contributed by atoms with Crippen LogP contribution in [-0.2, 0) is 0 Å². The summed E-state index contributed by atoms with van der Waals surface area (Å²) in [6.45, 7) is 0. The van der Waals surface area contributed by atoms with Crippen molar-refractivity contribution < 1.29 is 0 Å². The maximum absolute atomic E-state index is 2.44. The Labute approximate surface area is 322 Å². The molecule has 0 fully saturated rings. The Kier molecular flexibility index (Phi) is 8.24. The van der Waals surface area contributed by atoms with Gasteiger partial charge < -0.3 is 4.90 Å². The summed E-state index contributed by atoms with van der Waals surface area (Å²) in [4.78, 5) is 2.44. The smallest absolute Gasteiger partial charge is 0.0546 e. The Morgan fingerprint density at radius 2 is 0.800 bits per heavy atom. The Morgan fingerprint density at radius 3 is 1.58 bits per heavy atom. The fourth-order valence-corrected chi connectivity index (χ4v) is 8.18. The molecule has 0 heterocycles. The van der Waals surface area contributed by atoms with Crippen LogP contribution in [0.25, 0.3) is 76.8 Å². The van der Waals surface area contributed by atoms with E-state index in [0.29, 0.717) is 0 Å². The maximum atomic E-state index is 2.44. The minimum atomic E-state index is 1.09. The largest absolute Gasteiger partial charge is 0.310 e. The molecule has 0 radical (unpaired) electrons. The minimum absolute atomic E-state index is 1.09. The average Bonchev–Trinajstić information content (AvgIpc) is 3.27. The van der Waals surface area contributed by atoms with Crippen LogP contribution in [0.15, 0.2) is 224 Å². The number of anilines is 3. The van der Waals surface area contributed by atoms with Gasteiger partial charge in [0.2, 0.25) is 0 Å². The van der Waals surface area contributed by atoms with Crippen LogP contribution in [0, 0.1) is 0 Å². The topological polar surface area (TPSA) is 3.24 Å². The van der Waals surface area contributed by atoms with E-state index in [9.17, 15) is 0 Å². The van der Waals surface area contributed by atoms with Crippen LogP contribution in [0.4, 0.5) is 17.1 Å². The normalized spacial score (nSPS) is 11.3. The van der Waals surface area contributed by atoms with Gasteiger partial charge in [-0.25, -0.2) is 0 Å². The predicted octanol–water partition coefficient (Wildman–Crippen LogP) is 15.3. The Bertz CT molecular complexity index is 2960. The van der Waals surface area contributed by atoms with E-state index >= 15 is 0 Å². The first-order chi connectivity index (χ1) is 27.3. The highest BCUT2D eigenvalue weighted by Crippen LogP contribution is 2.48. The number of fused-ring (bicyclic) bond motifs is 4. The van der Waals surface area contributed by atoms with Crippen LogP contribution in [-0.4, -0.2) is 0 Å². The standard InChI is InChI=1S/C54H37N/c1-3-15-40(16-4-1)49-22-11-12-23-52(49)54-51(41-17-5-2-6-18-41)24-13-25-53(54)55(47-34-30-38-14-7-8-20-43(38)37-47)46-32-28-39(29-33-46)44-31-35-50-45(36-44)27-26-42-19-9-10-21-48(42)50/h1-37H. The van der Waals surface area contributed by atoms with Crippen LogP contribution in [0.2, 0.25) is 0 Å². The van der Waals surface area contributed by atoms with Crippen LogP contribution in [0.5, 0.6) is 0 Å². The maximum Gasteiger partial charge on any atom is 0.0546 e. The van der Waals surface area contributed by atoms with Gasteiger partial charge in [-0.15, -0.1) is 0 Å². The predicted molar refractivity (Wildman–Crippen MR) is 235 cm³/mol. The van der Waals surface area contributed by atoms with Crippen molar-refractivity contribution in [2.75, 3.05) is 4.90 Å². The van der Waals surface area contributed by atoms with Crippen molar-refractivity contribution in [3.63, 3.8) is 0 Å². The highest BCUT2D eigenvalue weighted by atomic mass is 15.1. The molecule has 10 rings (SSSR count). The Morgan fingerprint density at radius 1 is 0.255 bits per heavy atom. The summed E-state index contributed by atoms with van der Waals surface area (Å²) in [5, 5.41) is 7.51. The van der Waals surface area contributed by atoms with Crippen LogP contribution >= 0.6 is 0 Å². The molecule has 10 aromatic rings. The molecule has 1 heteroatoms.